The molecule has 0 aromatic heterocycles. The highest BCUT2D eigenvalue weighted by atomic mass is 35.5. The van der Waals surface area contributed by atoms with Crippen LogP contribution in [0, 0.1) is 5.82 Å². The van der Waals surface area contributed by atoms with Gasteiger partial charge in [-0.2, -0.15) is 0 Å². The summed E-state index contributed by atoms with van der Waals surface area (Å²) in [5, 5.41) is 1.49. The number of rotatable bonds is 2. The molecule has 0 amide bonds. The molecular formula is C14H18ClFN2Si. The summed E-state index contributed by atoms with van der Waals surface area (Å²) in [6.07, 6.45) is 3.22. The highest BCUT2D eigenvalue weighted by Gasteiger charge is 2.35. The van der Waals surface area contributed by atoms with Gasteiger partial charge in [-0.15, -0.1) is 0 Å². The van der Waals surface area contributed by atoms with E-state index in [1.165, 1.54) is 0 Å². The van der Waals surface area contributed by atoms with E-state index in [-0.39, 0.29) is 12.4 Å². The Morgan fingerprint density at radius 2 is 2.05 bits per heavy atom. The van der Waals surface area contributed by atoms with Gasteiger partial charge in [0.2, 0.25) is 0 Å². The quantitative estimate of drug-likeness (QED) is 0.837. The number of allylic oxidation sites excluding steroid dienone is 1. The fourth-order valence-corrected chi connectivity index (χ4v) is 3.46. The van der Waals surface area contributed by atoms with Gasteiger partial charge in [0.05, 0.1) is 20.2 Å². The Bertz CT molecular complexity index is 563. The normalized spacial score (nSPS) is 23.4. The summed E-state index contributed by atoms with van der Waals surface area (Å²) in [4.78, 5) is 4.10. The molecule has 0 bridgehead atoms. The zero-order chi connectivity index (χ0) is 14.3. The molecule has 1 heterocycles. The second kappa shape index (κ2) is 4.85. The number of nitrogens with zero attached hydrogens (tertiary/aromatic N) is 1. The van der Waals surface area contributed by atoms with Gasteiger partial charge in [-0.25, -0.2) is 4.39 Å². The molecule has 1 atom stereocenters. The Hall–Kier alpha value is -0.973. The molecule has 5 heteroatoms. The number of hydrogen-bond donors (Lipinski definition) is 1. The van der Waals surface area contributed by atoms with Crippen LogP contribution < -0.4 is 10.9 Å². The fraction of sp³-hybridized carbons (Fsp3) is 0.357. The average molecular weight is 297 g/mol. The molecule has 0 saturated heterocycles. The number of dihydropyridines is 1. The van der Waals surface area contributed by atoms with Crippen molar-refractivity contribution >= 4 is 31.1 Å². The molecule has 0 aliphatic carbocycles. The highest BCUT2D eigenvalue weighted by molar-refractivity contribution is 6.88. The third kappa shape index (κ3) is 2.66. The molecule has 1 aliphatic rings. The lowest BCUT2D eigenvalue weighted by Crippen LogP contribution is -2.44. The minimum Gasteiger partial charge on any atom is -0.315 e. The number of halogens is 2. The van der Waals surface area contributed by atoms with Crippen LogP contribution >= 0.6 is 11.6 Å². The third-order valence-corrected chi connectivity index (χ3v) is 5.92. The number of aliphatic imine (C=N–C) groups is 1. The van der Waals surface area contributed by atoms with Gasteiger partial charge in [-0.1, -0.05) is 48.6 Å². The molecule has 0 fully saturated rings. The molecule has 1 unspecified atom stereocenters. The van der Waals surface area contributed by atoms with Crippen molar-refractivity contribution < 1.29 is 4.39 Å². The molecule has 2 N–H and O–H groups in total. The smallest absolute Gasteiger partial charge is 0.128 e. The van der Waals surface area contributed by atoms with Crippen molar-refractivity contribution in [3.63, 3.8) is 0 Å². The van der Waals surface area contributed by atoms with Crippen molar-refractivity contribution in [2.75, 3.05) is 6.54 Å². The first-order valence-electron chi connectivity index (χ1n) is 6.20. The van der Waals surface area contributed by atoms with Crippen molar-refractivity contribution in [1.82, 2.24) is 0 Å². The van der Waals surface area contributed by atoms with Crippen molar-refractivity contribution in [3.05, 3.63) is 40.7 Å². The van der Waals surface area contributed by atoms with Gasteiger partial charge in [0.1, 0.15) is 5.82 Å². The molecule has 0 radical (unpaired) electrons. The lowest BCUT2D eigenvalue weighted by atomic mass is 9.88. The predicted octanol–water partition coefficient (Wildman–Crippen LogP) is 2.73. The topological polar surface area (TPSA) is 38.4 Å². The van der Waals surface area contributed by atoms with Crippen LogP contribution in [-0.4, -0.2) is 20.8 Å². The van der Waals surface area contributed by atoms with Crippen molar-refractivity contribution in [2.24, 2.45) is 10.7 Å². The van der Waals surface area contributed by atoms with E-state index in [4.69, 9.17) is 17.3 Å². The van der Waals surface area contributed by atoms with Gasteiger partial charge in [-0.3, -0.25) is 4.99 Å². The summed E-state index contributed by atoms with van der Waals surface area (Å²) in [6.45, 7) is 6.80. The Morgan fingerprint density at radius 3 is 2.58 bits per heavy atom. The monoisotopic (exact) mass is 296 g/mol. The largest absolute Gasteiger partial charge is 0.315 e. The summed E-state index contributed by atoms with van der Waals surface area (Å²) in [5.41, 5.74) is 5.61. The van der Waals surface area contributed by atoms with Crippen LogP contribution in [0.15, 0.2) is 34.3 Å². The Morgan fingerprint density at radius 1 is 1.37 bits per heavy atom. The van der Waals surface area contributed by atoms with Crippen molar-refractivity contribution in [3.8, 4) is 0 Å². The summed E-state index contributed by atoms with van der Waals surface area (Å²) in [7, 11) is -1.54. The Kier molecular flexibility index (Phi) is 3.69. The minimum atomic E-state index is -1.54. The van der Waals surface area contributed by atoms with Crippen molar-refractivity contribution in [1.29, 1.82) is 0 Å². The van der Waals surface area contributed by atoms with Gasteiger partial charge in [0, 0.05) is 16.8 Å². The van der Waals surface area contributed by atoms with Gasteiger partial charge in [0.15, 0.2) is 0 Å². The van der Waals surface area contributed by atoms with Crippen LogP contribution in [0.1, 0.15) is 5.56 Å². The highest BCUT2D eigenvalue weighted by Crippen LogP contribution is 2.33. The predicted molar refractivity (Wildman–Crippen MR) is 82.5 cm³/mol. The van der Waals surface area contributed by atoms with E-state index in [1.54, 1.807) is 24.4 Å². The molecular weight excluding hydrogens is 279 g/mol. The minimum absolute atomic E-state index is 0.269. The summed E-state index contributed by atoms with van der Waals surface area (Å²) in [5.74, 6) is -0.300. The second-order valence-corrected chi connectivity index (χ2v) is 11.4. The molecule has 1 aliphatic heterocycles. The van der Waals surface area contributed by atoms with Gasteiger partial charge < -0.3 is 5.73 Å². The van der Waals surface area contributed by atoms with Crippen LogP contribution in [-0.2, 0) is 5.54 Å². The first-order chi connectivity index (χ1) is 8.75. The van der Waals surface area contributed by atoms with Crippen LogP contribution in [0.3, 0.4) is 0 Å². The third-order valence-electron chi connectivity index (χ3n) is 3.41. The maximum Gasteiger partial charge on any atom is 0.128 e. The number of hydrogen-bond acceptors (Lipinski definition) is 2. The number of benzene rings is 1. The van der Waals surface area contributed by atoms with E-state index >= 15 is 0 Å². The zero-order valence-corrected chi connectivity index (χ0v) is 13.1. The fourth-order valence-electron chi connectivity index (χ4n) is 2.10. The average Bonchev–Trinajstić information content (AvgIpc) is 2.31. The van der Waals surface area contributed by atoms with E-state index in [0.717, 1.165) is 5.19 Å². The number of nitrogens with two attached hydrogens (primary N) is 1. The van der Waals surface area contributed by atoms with Crippen LogP contribution in [0.4, 0.5) is 4.39 Å². The lowest BCUT2D eigenvalue weighted by molar-refractivity contribution is 0.509. The Labute approximate surface area is 119 Å². The molecule has 2 nitrogen and oxygen atoms in total. The molecule has 1 aromatic carbocycles. The second-order valence-electron chi connectivity index (χ2n) is 5.92. The Balaban J connectivity index is 2.48. The summed E-state index contributed by atoms with van der Waals surface area (Å²) < 4.78 is 14.4. The van der Waals surface area contributed by atoms with Crippen molar-refractivity contribution in [2.45, 2.75) is 25.2 Å². The SMILES string of the molecule is C[Si](C)(C)c1ccc(C2(N)CN=CC=C2Cl)c(F)c1. The molecule has 2 rings (SSSR count). The standard InChI is InChI=1S/C14H18ClFN2Si/c1-19(2,3)10-4-5-11(12(16)8-10)14(17)9-18-7-6-13(14)15/h4-8H,9,17H2,1-3H3. The first-order valence-corrected chi connectivity index (χ1v) is 10.1. The molecule has 0 saturated carbocycles. The molecule has 19 heavy (non-hydrogen) atoms. The van der Waals surface area contributed by atoms with E-state index in [1.807, 2.05) is 6.07 Å². The maximum absolute atomic E-state index is 14.4. The van der Waals surface area contributed by atoms with E-state index in [2.05, 4.69) is 24.6 Å². The van der Waals surface area contributed by atoms with Gasteiger partial charge in [0.25, 0.3) is 0 Å². The van der Waals surface area contributed by atoms with Gasteiger partial charge >= 0.3 is 0 Å². The molecule has 0 spiro atoms. The molecule has 102 valence electrons. The van der Waals surface area contributed by atoms with Gasteiger partial charge in [-0.05, 0) is 12.1 Å². The van der Waals surface area contributed by atoms with E-state index in [9.17, 15) is 4.39 Å². The summed E-state index contributed by atoms with van der Waals surface area (Å²) >= 11 is 6.15. The zero-order valence-electron chi connectivity index (χ0n) is 11.4. The lowest BCUT2D eigenvalue weighted by Gasteiger charge is -2.30. The van der Waals surface area contributed by atoms with Crippen LogP contribution in [0.5, 0.6) is 0 Å². The van der Waals surface area contributed by atoms with E-state index < -0.39 is 13.6 Å². The summed E-state index contributed by atoms with van der Waals surface area (Å²) in [6, 6.07) is 5.31. The first kappa shape index (κ1) is 14.4. The van der Waals surface area contributed by atoms with E-state index in [0.29, 0.717) is 10.6 Å². The maximum atomic E-state index is 14.4. The molecule has 1 aromatic rings. The van der Waals surface area contributed by atoms with Crippen LogP contribution in [0.2, 0.25) is 19.6 Å². The van der Waals surface area contributed by atoms with Crippen LogP contribution in [0.25, 0.3) is 0 Å².